The molecule has 1 aromatic heterocycles. The summed E-state index contributed by atoms with van der Waals surface area (Å²) in [4.78, 5) is 0. The van der Waals surface area contributed by atoms with Gasteiger partial charge in [0.05, 0.1) is 6.20 Å². The first-order chi connectivity index (χ1) is 10.1. The van der Waals surface area contributed by atoms with Crippen LogP contribution in [0.25, 0.3) is 0 Å². The Morgan fingerprint density at radius 3 is 2.62 bits per heavy atom. The number of H-pyrrole nitrogens is 1. The quantitative estimate of drug-likeness (QED) is 0.853. The Hall–Kier alpha value is -0.920. The Morgan fingerprint density at radius 2 is 1.95 bits per heavy atom. The number of aromatic amines is 1. The first kappa shape index (κ1) is 13.7. The molecule has 6 nitrogen and oxygen atoms in total. The molecule has 7 heteroatoms. The molecule has 2 saturated carbocycles. The number of fused-ring (bicyclic) bond motifs is 1. The summed E-state index contributed by atoms with van der Waals surface area (Å²) in [6.45, 7) is 1.94. The monoisotopic (exact) mass is 310 g/mol. The molecule has 2 heterocycles. The highest BCUT2D eigenvalue weighted by molar-refractivity contribution is 7.89. The number of nitrogens with one attached hydrogen (secondary N) is 2. The van der Waals surface area contributed by atoms with Crippen molar-refractivity contribution in [1.29, 1.82) is 0 Å². The smallest absolute Gasteiger partial charge is 0.260 e. The summed E-state index contributed by atoms with van der Waals surface area (Å²) < 4.78 is 27.3. The van der Waals surface area contributed by atoms with Crippen molar-refractivity contribution in [3.05, 3.63) is 11.8 Å². The molecule has 0 aromatic carbocycles. The van der Waals surface area contributed by atoms with Crippen molar-refractivity contribution >= 4 is 10.0 Å². The van der Waals surface area contributed by atoms with Crippen LogP contribution >= 0.6 is 0 Å². The van der Waals surface area contributed by atoms with E-state index >= 15 is 0 Å². The summed E-state index contributed by atoms with van der Waals surface area (Å²) in [5.74, 6) is 1.13. The number of hydrogen-bond donors (Lipinski definition) is 2. The molecule has 2 aliphatic carbocycles. The van der Waals surface area contributed by atoms with E-state index in [0.717, 1.165) is 5.56 Å². The van der Waals surface area contributed by atoms with Crippen LogP contribution in [-0.4, -0.2) is 42.1 Å². The highest BCUT2D eigenvalue weighted by atomic mass is 32.2. The van der Waals surface area contributed by atoms with Gasteiger partial charge >= 0.3 is 0 Å². The van der Waals surface area contributed by atoms with Gasteiger partial charge < -0.3 is 5.32 Å². The van der Waals surface area contributed by atoms with Gasteiger partial charge in [0.15, 0.2) is 5.03 Å². The van der Waals surface area contributed by atoms with E-state index in [1.54, 1.807) is 10.5 Å². The van der Waals surface area contributed by atoms with E-state index in [1.807, 2.05) is 0 Å². The van der Waals surface area contributed by atoms with Crippen LogP contribution in [0.1, 0.15) is 37.7 Å². The minimum absolute atomic E-state index is 0.288. The zero-order valence-corrected chi connectivity index (χ0v) is 12.9. The number of nitrogens with zero attached hydrogens (tertiary/aromatic N) is 2. The van der Waals surface area contributed by atoms with Gasteiger partial charge in [-0.15, -0.1) is 0 Å². The van der Waals surface area contributed by atoms with Gasteiger partial charge in [-0.3, -0.25) is 5.10 Å². The lowest BCUT2D eigenvalue weighted by Gasteiger charge is -2.17. The molecule has 21 heavy (non-hydrogen) atoms. The summed E-state index contributed by atoms with van der Waals surface area (Å²) in [5, 5.41) is 10.3. The lowest BCUT2D eigenvalue weighted by atomic mass is 10.0. The normalized spacial score (nSPS) is 29.9. The molecule has 0 radical (unpaired) electrons. The van der Waals surface area contributed by atoms with Crippen LogP contribution < -0.4 is 5.32 Å². The van der Waals surface area contributed by atoms with Crippen LogP contribution in [0.3, 0.4) is 0 Å². The Balaban J connectivity index is 1.52. The van der Waals surface area contributed by atoms with E-state index in [0.29, 0.717) is 37.5 Å². The topological polar surface area (TPSA) is 78.1 Å². The largest absolute Gasteiger partial charge is 0.310 e. The van der Waals surface area contributed by atoms with Crippen LogP contribution in [0.4, 0.5) is 0 Å². The molecular formula is C14H22N4O2S. The summed E-state index contributed by atoms with van der Waals surface area (Å²) >= 11 is 0. The van der Waals surface area contributed by atoms with Gasteiger partial charge in [0.1, 0.15) is 0 Å². The average molecular weight is 310 g/mol. The molecular weight excluding hydrogens is 288 g/mol. The van der Waals surface area contributed by atoms with Crippen LogP contribution in [0, 0.1) is 11.8 Å². The van der Waals surface area contributed by atoms with E-state index in [-0.39, 0.29) is 5.03 Å². The van der Waals surface area contributed by atoms with Crippen molar-refractivity contribution in [1.82, 2.24) is 19.8 Å². The van der Waals surface area contributed by atoms with Gasteiger partial charge in [0, 0.05) is 31.2 Å². The number of sulfonamides is 1. The van der Waals surface area contributed by atoms with Crippen molar-refractivity contribution in [2.24, 2.45) is 11.8 Å². The van der Waals surface area contributed by atoms with Gasteiger partial charge in [0.25, 0.3) is 10.0 Å². The van der Waals surface area contributed by atoms with E-state index in [1.165, 1.54) is 32.1 Å². The maximum absolute atomic E-state index is 12.8. The van der Waals surface area contributed by atoms with E-state index in [9.17, 15) is 8.42 Å². The van der Waals surface area contributed by atoms with Crippen LogP contribution in [0.5, 0.6) is 0 Å². The first-order valence-electron chi connectivity index (χ1n) is 7.90. The highest BCUT2D eigenvalue weighted by Gasteiger charge is 2.42. The zero-order chi connectivity index (χ0) is 14.4. The second-order valence-corrected chi connectivity index (χ2v) is 8.53. The van der Waals surface area contributed by atoms with E-state index < -0.39 is 10.0 Å². The van der Waals surface area contributed by atoms with Gasteiger partial charge in [-0.1, -0.05) is 6.42 Å². The molecule has 0 bridgehead atoms. The molecule has 1 aliphatic heterocycles. The molecule has 2 unspecified atom stereocenters. The van der Waals surface area contributed by atoms with E-state index in [2.05, 4.69) is 15.5 Å². The van der Waals surface area contributed by atoms with Crippen molar-refractivity contribution < 1.29 is 8.42 Å². The third kappa shape index (κ3) is 2.51. The Kier molecular flexibility index (Phi) is 3.31. The first-order valence-corrected chi connectivity index (χ1v) is 9.34. The molecule has 2 N–H and O–H groups in total. The molecule has 1 aromatic rings. The second-order valence-electron chi connectivity index (χ2n) is 6.65. The fourth-order valence-corrected chi connectivity index (χ4v) is 5.37. The number of hydrogen-bond acceptors (Lipinski definition) is 4. The molecule has 2 atom stereocenters. The lowest BCUT2D eigenvalue weighted by Crippen LogP contribution is -2.31. The maximum Gasteiger partial charge on any atom is 0.260 e. The Morgan fingerprint density at radius 1 is 1.24 bits per heavy atom. The summed E-state index contributed by atoms with van der Waals surface area (Å²) in [5.41, 5.74) is 0.763. The molecule has 4 rings (SSSR count). The number of rotatable bonds is 5. The maximum atomic E-state index is 12.8. The fraction of sp³-hybridized carbons (Fsp3) is 0.786. The minimum atomic E-state index is -3.42. The molecule has 3 fully saturated rings. The standard InChI is InChI=1S/C14H22N4O2S/c19-21(20,18-8-10-2-1-3-11(10)9-18)14-12(7-16-17-14)6-15-13-4-5-13/h7,10-11,13,15H,1-6,8-9H2,(H,16,17). The predicted molar refractivity (Wildman–Crippen MR) is 78.0 cm³/mol. The van der Waals surface area contributed by atoms with Gasteiger partial charge in [-0.2, -0.15) is 9.40 Å². The lowest BCUT2D eigenvalue weighted by molar-refractivity contribution is 0.442. The molecule has 0 spiro atoms. The van der Waals surface area contributed by atoms with Gasteiger partial charge in [-0.25, -0.2) is 8.42 Å². The Labute approximate surface area is 125 Å². The SMILES string of the molecule is O=S(=O)(c1[nH]ncc1CNC1CC1)N1CC2CCCC2C1. The van der Waals surface area contributed by atoms with Crippen molar-refractivity contribution in [2.45, 2.75) is 49.7 Å². The van der Waals surface area contributed by atoms with Crippen LogP contribution in [-0.2, 0) is 16.6 Å². The molecule has 116 valence electrons. The molecule has 3 aliphatic rings. The van der Waals surface area contributed by atoms with Crippen LogP contribution in [0.15, 0.2) is 11.2 Å². The fourth-order valence-electron chi connectivity index (χ4n) is 3.71. The summed E-state index contributed by atoms with van der Waals surface area (Å²) in [7, 11) is -3.42. The summed E-state index contributed by atoms with van der Waals surface area (Å²) in [6.07, 6.45) is 7.62. The number of aromatic nitrogens is 2. The van der Waals surface area contributed by atoms with E-state index in [4.69, 9.17) is 0 Å². The molecule has 0 amide bonds. The van der Waals surface area contributed by atoms with Crippen molar-refractivity contribution in [3.8, 4) is 0 Å². The average Bonchev–Trinajstić information content (AvgIpc) is 2.88. The highest BCUT2D eigenvalue weighted by Crippen LogP contribution is 2.39. The Bertz CT molecular complexity index is 611. The zero-order valence-electron chi connectivity index (χ0n) is 12.1. The second kappa shape index (κ2) is 5.07. The van der Waals surface area contributed by atoms with Crippen LogP contribution in [0.2, 0.25) is 0 Å². The van der Waals surface area contributed by atoms with Gasteiger partial charge in [0.2, 0.25) is 0 Å². The van der Waals surface area contributed by atoms with Crippen molar-refractivity contribution in [3.63, 3.8) is 0 Å². The summed E-state index contributed by atoms with van der Waals surface area (Å²) in [6, 6.07) is 0.557. The molecule has 1 saturated heterocycles. The predicted octanol–water partition coefficient (Wildman–Crippen LogP) is 1.08. The van der Waals surface area contributed by atoms with Gasteiger partial charge in [-0.05, 0) is 37.5 Å². The third-order valence-corrected chi connectivity index (χ3v) is 6.97. The van der Waals surface area contributed by atoms with Crippen molar-refractivity contribution in [2.75, 3.05) is 13.1 Å². The minimum Gasteiger partial charge on any atom is -0.310 e. The third-order valence-electron chi connectivity index (χ3n) is 5.13.